The summed E-state index contributed by atoms with van der Waals surface area (Å²) in [7, 11) is 0. The van der Waals surface area contributed by atoms with Crippen molar-refractivity contribution in [2.75, 3.05) is 19.7 Å². The van der Waals surface area contributed by atoms with E-state index in [2.05, 4.69) is 29.5 Å². The number of nitrogens with zero attached hydrogens (tertiary/aromatic N) is 1. The zero-order valence-electron chi connectivity index (χ0n) is 16.1. The first kappa shape index (κ1) is 25.8. The molecular formula is C18H35F3IN3O. The Hall–Kier alpha value is -0.250. The van der Waals surface area contributed by atoms with Crippen molar-refractivity contribution in [3.63, 3.8) is 0 Å². The molecule has 0 aliphatic heterocycles. The molecule has 1 saturated carbocycles. The number of aliphatic hydroxyl groups is 1. The fraction of sp³-hybridized carbons (Fsp3) is 0.944. The molecular weight excluding hydrogens is 458 g/mol. The van der Waals surface area contributed by atoms with Gasteiger partial charge in [-0.05, 0) is 50.9 Å². The third kappa shape index (κ3) is 10.2. The number of hydrogen-bond donors (Lipinski definition) is 3. The van der Waals surface area contributed by atoms with Gasteiger partial charge in [-0.25, -0.2) is 0 Å². The molecule has 0 radical (unpaired) electrons. The summed E-state index contributed by atoms with van der Waals surface area (Å²) in [4.78, 5) is 4.57. The van der Waals surface area contributed by atoms with Gasteiger partial charge in [0.15, 0.2) is 5.96 Å². The molecule has 0 amide bonds. The molecule has 0 aromatic rings. The molecule has 0 aromatic heterocycles. The molecule has 0 aromatic carbocycles. The normalized spacial score (nSPS) is 22.7. The second-order valence-electron chi connectivity index (χ2n) is 7.47. The Bertz CT molecular complexity index is 406. The molecule has 1 fully saturated rings. The van der Waals surface area contributed by atoms with Crippen LogP contribution in [0.15, 0.2) is 4.99 Å². The number of halogens is 4. The summed E-state index contributed by atoms with van der Waals surface area (Å²) >= 11 is 0. The SMILES string of the molecule is CCNC(=NCC(CCO)CC(C)C)NC1CCCC(C(F)(F)F)C1.I. The number of hydrogen-bond acceptors (Lipinski definition) is 2. The molecule has 1 aliphatic rings. The quantitative estimate of drug-likeness (QED) is 0.268. The molecule has 1 aliphatic carbocycles. The van der Waals surface area contributed by atoms with E-state index in [-0.39, 0.29) is 55.4 Å². The van der Waals surface area contributed by atoms with Crippen molar-refractivity contribution in [2.45, 2.75) is 71.5 Å². The zero-order chi connectivity index (χ0) is 18.9. The van der Waals surface area contributed by atoms with Crippen LogP contribution in [0.25, 0.3) is 0 Å². The molecule has 3 unspecified atom stereocenters. The van der Waals surface area contributed by atoms with Crippen molar-refractivity contribution >= 4 is 29.9 Å². The highest BCUT2D eigenvalue weighted by Gasteiger charge is 2.42. The van der Waals surface area contributed by atoms with Gasteiger partial charge in [0.25, 0.3) is 0 Å². The van der Waals surface area contributed by atoms with Gasteiger partial charge in [-0.15, -0.1) is 24.0 Å². The first-order valence-electron chi connectivity index (χ1n) is 9.48. The van der Waals surface area contributed by atoms with Crippen molar-refractivity contribution in [1.29, 1.82) is 0 Å². The largest absolute Gasteiger partial charge is 0.396 e. The average Bonchev–Trinajstić information content (AvgIpc) is 2.52. The van der Waals surface area contributed by atoms with Crippen LogP contribution in [0.3, 0.4) is 0 Å². The summed E-state index contributed by atoms with van der Waals surface area (Å²) in [5.74, 6) is 0.176. The second kappa shape index (κ2) is 13.0. The third-order valence-corrected chi connectivity index (χ3v) is 4.67. The van der Waals surface area contributed by atoms with Crippen molar-refractivity contribution in [3.05, 3.63) is 0 Å². The van der Waals surface area contributed by atoms with Gasteiger partial charge in [0.1, 0.15) is 0 Å². The van der Waals surface area contributed by atoms with E-state index in [0.29, 0.717) is 37.8 Å². The van der Waals surface area contributed by atoms with E-state index in [1.54, 1.807) is 0 Å². The minimum atomic E-state index is -4.11. The maximum Gasteiger partial charge on any atom is 0.391 e. The van der Waals surface area contributed by atoms with Gasteiger partial charge >= 0.3 is 6.18 Å². The molecule has 3 N–H and O–H groups in total. The smallest absolute Gasteiger partial charge is 0.391 e. The summed E-state index contributed by atoms with van der Waals surface area (Å²) < 4.78 is 38.9. The number of alkyl halides is 3. The third-order valence-electron chi connectivity index (χ3n) is 4.67. The topological polar surface area (TPSA) is 56.7 Å². The standard InChI is InChI=1S/C18H34F3N3O.HI/c1-4-22-17(23-12-14(8-9-25)10-13(2)3)24-16-7-5-6-15(11-16)18(19,20)21;/h13-16,25H,4-12H2,1-3H3,(H2,22,23,24);1H. The molecule has 156 valence electrons. The molecule has 8 heteroatoms. The van der Waals surface area contributed by atoms with Crippen LogP contribution < -0.4 is 10.6 Å². The first-order valence-corrected chi connectivity index (χ1v) is 9.48. The molecule has 0 spiro atoms. The molecule has 26 heavy (non-hydrogen) atoms. The number of rotatable bonds is 8. The minimum Gasteiger partial charge on any atom is -0.396 e. The Morgan fingerprint density at radius 3 is 2.50 bits per heavy atom. The van der Waals surface area contributed by atoms with Crippen LogP contribution in [0.1, 0.15) is 59.3 Å². The van der Waals surface area contributed by atoms with E-state index < -0.39 is 12.1 Å². The van der Waals surface area contributed by atoms with E-state index in [4.69, 9.17) is 0 Å². The Morgan fingerprint density at radius 1 is 1.27 bits per heavy atom. The van der Waals surface area contributed by atoms with Gasteiger partial charge < -0.3 is 15.7 Å². The molecule has 0 bridgehead atoms. The van der Waals surface area contributed by atoms with Crippen molar-refractivity contribution in [1.82, 2.24) is 10.6 Å². The Labute approximate surface area is 172 Å². The maximum atomic E-state index is 13.0. The van der Waals surface area contributed by atoms with Gasteiger partial charge in [0.2, 0.25) is 0 Å². The second-order valence-corrected chi connectivity index (χ2v) is 7.47. The van der Waals surface area contributed by atoms with Gasteiger partial charge in [0.05, 0.1) is 5.92 Å². The fourth-order valence-electron chi connectivity index (χ4n) is 3.48. The van der Waals surface area contributed by atoms with Crippen LogP contribution in [0.4, 0.5) is 13.2 Å². The van der Waals surface area contributed by atoms with Crippen LogP contribution >= 0.6 is 24.0 Å². The maximum absolute atomic E-state index is 13.0. The molecule has 3 atom stereocenters. The summed E-state index contributed by atoms with van der Waals surface area (Å²) in [5.41, 5.74) is 0. The Kier molecular flexibility index (Phi) is 12.9. The van der Waals surface area contributed by atoms with Crippen LogP contribution in [-0.4, -0.2) is 43.0 Å². The van der Waals surface area contributed by atoms with Gasteiger partial charge in [0, 0.05) is 25.7 Å². The summed E-state index contributed by atoms with van der Waals surface area (Å²) in [6.07, 6.45) is -0.782. The van der Waals surface area contributed by atoms with E-state index >= 15 is 0 Å². The van der Waals surface area contributed by atoms with Crippen LogP contribution in [0.2, 0.25) is 0 Å². The predicted molar refractivity (Wildman–Crippen MR) is 111 cm³/mol. The Balaban J connectivity index is 0.00000625. The minimum absolute atomic E-state index is 0. The van der Waals surface area contributed by atoms with Gasteiger partial charge in [-0.3, -0.25) is 4.99 Å². The highest BCUT2D eigenvalue weighted by Crippen LogP contribution is 2.37. The number of aliphatic imine (C=N–C) groups is 1. The molecule has 1 rings (SSSR count). The fourth-order valence-corrected chi connectivity index (χ4v) is 3.48. The molecule has 4 nitrogen and oxygen atoms in total. The molecule has 0 saturated heterocycles. The van der Waals surface area contributed by atoms with Crippen molar-refractivity contribution in [2.24, 2.45) is 22.7 Å². The van der Waals surface area contributed by atoms with Crippen LogP contribution in [-0.2, 0) is 0 Å². The zero-order valence-corrected chi connectivity index (χ0v) is 18.4. The van der Waals surface area contributed by atoms with E-state index in [0.717, 1.165) is 12.8 Å². The summed E-state index contributed by atoms with van der Waals surface area (Å²) in [6.45, 7) is 7.58. The van der Waals surface area contributed by atoms with Crippen LogP contribution in [0, 0.1) is 17.8 Å². The summed E-state index contributed by atoms with van der Waals surface area (Å²) in [5, 5.41) is 15.5. The van der Waals surface area contributed by atoms with Crippen molar-refractivity contribution < 1.29 is 18.3 Å². The van der Waals surface area contributed by atoms with Gasteiger partial charge in [-0.2, -0.15) is 13.2 Å². The Morgan fingerprint density at radius 2 is 1.96 bits per heavy atom. The summed E-state index contributed by atoms with van der Waals surface area (Å²) in [6, 6.07) is -0.195. The highest BCUT2D eigenvalue weighted by molar-refractivity contribution is 14.0. The van der Waals surface area contributed by atoms with E-state index in [1.807, 2.05) is 6.92 Å². The predicted octanol–water partition coefficient (Wildman–Crippen LogP) is 4.33. The number of nitrogens with one attached hydrogen (secondary N) is 2. The lowest BCUT2D eigenvalue weighted by Gasteiger charge is -2.32. The number of guanidine groups is 1. The van der Waals surface area contributed by atoms with Crippen molar-refractivity contribution in [3.8, 4) is 0 Å². The average molecular weight is 493 g/mol. The monoisotopic (exact) mass is 493 g/mol. The lowest BCUT2D eigenvalue weighted by molar-refractivity contribution is -0.183. The van der Waals surface area contributed by atoms with E-state index in [1.165, 1.54) is 0 Å². The highest BCUT2D eigenvalue weighted by atomic mass is 127. The molecule has 0 heterocycles. The van der Waals surface area contributed by atoms with E-state index in [9.17, 15) is 18.3 Å². The van der Waals surface area contributed by atoms with Gasteiger partial charge in [-0.1, -0.05) is 20.3 Å². The lowest BCUT2D eigenvalue weighted by Crippen LogP contribution is -2.47. The lowest BCUT2D eigenvalue weighted by atomic mass is 9.85. The number of aliphatic hydroxyl groups excluding tert-OH is 1. The first-order chi connectivity index (χ1) is 11.8. The van der Waals surface area contributed by atoms with Crippen LogP contribution in [0.5, 0.6) is 0 Å².